The lowest BCUT2D eigenvalue weighted by Gasteiger charge is -2.15. The molecule has 2 amide bonds. The molecule has 5 nitrogen and oxygen atoms in total. The van der Waals surface area contributed by atoms with E-state index in [1.165, 1.54) is 13.2 Å². The van der Waals surface area contributed by atoms with Gasteiger partial charge in [-0.05, 0) is 35.4 Å². The fourth-order valence-electron chi connectivity index (χ4n) is 3.35. The van der Waals surface area contributed by atoms with Crippen LogP contribution >= 0.6 is 0 Å². The van der Waals surface area contributed by atoms with Crippen molar-refractivity contribution in [2.45, 2.75) is 6.54 Å². The van der Waals surface area contributed by atoms with Gasteiger partial charge in [-0.1, -0.05) is 42.5 Å². The number of nitrogens with zero attached hydrogens (tertiary/aromatic N) is 1. The summed E-state index contributed by atoms with van der Waals surface area (Å²) in [7, 11) is 1.52. The molecule has 0 saturated carbocycles. The maximum absolute atomic E-state index is 13.7. The number of hydrogen-bond donors (Lipinski definition) is 1. The predicted molar refractivity (Wildman–Crippen MR) is 112 cm³/mol. The highest BCUT2D eigenvalue weighted by Crippen LogP contribution is 2.32. The third kappa shape index (κ3) is 4.02. The molecule has 156 valence electrons. The number of amides is 2. The second kappa shape index (κ2) is 8.39. The molecule has 0 atom stereocenters. The van der Waals surface area contributed by atoms with E-state index in [2.05, 4.69) is 5.32 Å². The molecule has 0 aliphatic carbocycles. The average molecular weight is 420 g/mol. The van der Waals surface area contributed by atoms with E-state index in [1.807, 2.05) is 30.3 Å². The Morgan fingerprint density at radius 1 is 0.871 bits per heavy atom. The van der Waals surface area contributed by atoms with Crippen LogP contribution in [-0.2, 0) is 16.1 Å². The first-order valence-corrected chi connectivity index (χ1v) is 9.49. The topological polar surface area (TPSA) is 58.6 Å². The molecule has 31 heavy (non-hydrogen) atoms. The minimum Gasteiger partial charge on any atom is -0.497 e. The van der Waals surface area contributed by atoms with Gasteiger partial charge in [-0.25, -0.2) is 8.78 Å². The number of benzene rings is 3. The van der Waals surface area contributed by atoms with Crippen LogP contribution < -0.4 is 10.1 Å². The van der Waals surface area contributed by atoms with Crippen LogP contribution in [0.4, 0.5) is 14.5 Å². The summed E-state index contributed by atoms with van der Waals surface area (Å²) in [4.78, 5) is 27.5. The molecule has 3 aromatic carbocycles. The highest BCUT2D eigenvalue weighted by Gasteiger charge is 2.39. The van der Waals surface area contributed by atoms with Crippen molar-refractivity contribution in [2.75, 3.05) is 12.4 Å². The molecule has 7 heteroatoms. The molecule has 1 N–H and O–H groups in total. The zero-order chi connectivity index (χ0) is 22.0. The van der Waals surface area contributed by atoms with Crippen LogP contribution in [0.3, 0.4) is 0 Å². The molecule has 0 saturated heterocycles. The maximum atomic E-state index is 13.7. The monoisotopic (exact) mass is 420 g/mol. The second-order valence-electron chi connectivity index (χ2n) is 6.91. The van der Waals surface area contributed by atoms with Crippen molar-refractivity contribution in [2.24, 2.45) is 0 Å². The van der Waals surface area contributed by atoms with E-state index in [-0.39, 0.29) is 23.5 Å². The van der Waals surface area contributed by atoms with Gasteiger partial charge in [0, 0.05) is 11.8 Å². The van der Waals surface area contributed by atoms with Gasteiger partial charge in [0.1, 0.15) is 11.4 Å². The van der Waals surface area contributed by atoms with Crippen LogP contribution in [0.15, 0.2) is 78.5 Å². The van der Waals surface area contributed by atoms with Gasteiger partial charge in [-0.15, -0.1) is 0 Å². The molecular formula is C24H18F2N2O3. The molecule has 0 bridgehead atoms. The first-order valence-electron chi connectivity index (χ1n) is 9.49. The van der Waals surface area contributed by atoms with Crippen LogP contribution in [0.1, 0.15) is 11.1 Å². The molecule has 0 fully saturated rings. The lowest BCUT2D eigenvalue weighted by molar-refractivity contribution is -0.137. The Bertz CT molecular complexity index is 1180. The summed E-state index contributed by atoms with van der Waals surface area (Å²) in [5, 5.41) is 2.81. The van der Waals surface area contributed by atoms with Crippen molar-refractivity contribution in [3.8, 4) is 5.75 Å². The van der Waals surface area contributed by atoms with Crippen molar-refractivity contribution >= 4 is 23.1 Å². The van der Waals surface area contributed by atoms with Crippen LogP contribution in [0, 0.1) is 11.6 Å². The van der Waals surface area contributed by atoms with Gasteiger partial charge >= 0.3 is 0 Å². The summed E-state index contributed by atoms with van der Waals surface area (Å²) in [6, 6.07) is 19.0. The van der Waals surface area contributed by atoms with E-state index in [4.69, 9.17) is 4.74 Å². The minimum absolute atomic E-state index is 0.00268. The van der Waals surface area contributed by atoms with Gasteiger partial charge in [-0.2, -0.15) is 0 Å². The van der Waals surface area contributed by atoms with Gasteiger partial charge in [0.25, 0.3) is 11.8 Å². The van der Waals surface area contributed by atoms with Crippen LogP contribution in [0.25, 0.3) is 5.57 Å². The lowest BCUT2D eigenvalue weighted by Crippen LogP contribution is -2.32. The number of ether oxygens (including phenoxy) is 1. The van der Waals surface area contributed by atoms with Gasteiger partial charge in [0.2, 0.25) is 0 Å². The second-order valence-corrected chi connectivity index (χ2v) is 6.91. The molecule has 4 rings (SSSR count). The summed E-state index contributed by atoms with van der Waals surface area (Å²) >= 11 is 0. The van der Waals surface area contributed by atoms with E-state index in [1.54, 1.807) is 24.3 Å². The van der Waals surface area contributed by atoms with E-state index in [0.29, 0.717) is 11.3 Å². The highest BCUT2D eigenvalue weighted by atomic mass is 19.2. The Balaban J connectivity index is 1.75. The predicted octanol–water partition coefficient (Wildman–Crippen LogP) is 4.37. The van der Waals surface area contributed by atoms with E-state index < -0.39 is 23.4 Å². The average Bonchev–Trinajstić information content (AvgIpc) is 3.01. The Labute approximate surface area is 177 Å². The van der Waals surface area contributed by atoms with Crippen molar-refractivity contribution in [3.05, 3.63) is 101 Å². The number of anilines is 1. The molecule has 0 radical (unpaired) electrons. The molecule has 1 heterocycles. The Morgan fingerprint density at radius 2 is 1.58 bits per heavy atom. The van der Waals surface area contributed by atoms with Crippen molar-refractivity contribution in [1.82, 2.24) is 4.90 Å². The fourth-order valence-corrected chi connectivity index (χ4v) is 3.35. The lowest BCUT2D eigenvalue weighted by atomic mass is 10.0. The third-order valence-electron chi connectivity index (χ3n) is 4.92. The fraction of sp³-hybridized carbons (Fsp3) is 0.0833. The zero-order valence-electron chi connectivity index (χ0n) is 16.6. The van der Waals surface area contributed by atoms with Crippen molar-refractivity contribution < 1.29 is 23.1 Å². The van der Waals surface area contributed by atoms with Gasteiger partial charge in [-0.3, -0.25) is 14.5 Å². The normalized spacial score (nSPS) is 13.7. The quantitative estimate of drug-likeness (QED) is 0.602. The van der Waals surface area contributed by atoms with E-state index >= 15 is 0 Å². The first kappa shape index (κ1) is 20.3. The summed E-state index contributed by atoms with van der Waals surface area (Å²) in [5.74, 6) is -2.50. The van der Waals surface area contributed by atoms with Gasteiger partial charge in [0.15, 0.2) is 11.6 Å². The van der Waals surface area contributed by atoms with Gasteiger partial charge in [0.05, 0.1) is 19.2 Å². The maximum Gasteiger partial charge on any atom is 0.278 e. The molecule has 0 aromatic heterocycles. The Hall–Kier alpha value is -4.00. The number of rotatable bonds is 6. The molecule has 0 spiro atoms. The third-order valence-corrected chi connectivity index (χ3v) is 4.92. The van der Waals surface area contributed by atoms with Gasteiger partial charge < -0.3 is 10.1 Å². The number of nitrogens with one attached hydrogen (secondary N) is 1. The smallest absolute Gasteiger partial charge is 0.278 e. The Morgan fingerprint density at radius 3 is 2.23 bits per heavy atom. The molecule has 1 aliphatic rings. The summed E-state index contributed by atoms with van der Waals surface area (Å²) < 4.78 is 32.2. The number of halogens is 2. The largest absolute Gasteiger partial charge is 0.497 e. The SMILES string of the molecule is COc1ccc(C2=C(Nc3ccc(F)c(F)c3)C(=O)N(Cc3ccccc3)C2=O)cc1. The first-order chi connectivity index (χ1) is 15.0. The standard InChI is InChI=1S/C24H18F2N2O3/c1-31-18-10-7-16(8-11-18)21-22(27-17-9-12-19(25)20(26)13-17)24(30)28(23(21)29)14-15-5-3-2-4-6-15/h2-13,27H,14H2,1H3. The number of imide groups is 1. The molecule has 1 aliphatic heterocycles. The molecule has 0 unspecified atom stereocenters. The van der Waals surface area contributed by atoms with Crippen molar-refractivity contribution in [3.63, 3.8) is 0 Å². The minimum atomic E-state index is -1.06. The molecular weight excluding hydrogens is 402 g/mol. The number of carbonyl (C=O) groups is 2. The van der Waals surface area contributed by atoms with Crippen LogP contribution in [0.2, 0.25) is 0 Å². The Kier molecular flexibility index (Phi) is 5.49. The molecule has 3 aromatic rings. The summed E-state index contributed by atoms with van der Waals surface area (Å²) in [5.41, 5.74) is 1.58. The number of methoxy groups -OCH3 is 1. The summed E-state index contributed by atoms with van der Waals surface area (Å²) in [6.07, 6.45) is 0. The number of hydrogen-bond acceptors (Lipinski definition) is 4. The summed E-state index contributed by atoms with van der Waals surface area (Å²) in [6.45, 7) is 0.0844. The van der Waals surface area contributed by atoms with Crippen molar-refractivity contribution in [1.29, 1.82) is 0 Å². The van der Waals surface area contributed by atoms with E-state index in [9.17, 15) is 18.4 Å². The van der Waals surface area contributed by atoms with E-state index in [0.717, 1.165) is 22.6 Å². The van der Waals surface area contributed by atoms with Crippen LogP contribution in [-0.4, -0.2) is 23.8 Å². The zero-order valence-corrected chi connectivity index (χ0v) is 16.6. The van der Waals surface area contributed by atoms with Crippen LogP contribution in [0.5, 0.6) is 5.75 Å². The number of carbonyl (C=O) groups excluding carboxylic acids is 2. The highest BCUT2D eigenvalue weighted by molar-refractivity contribution is 6.36.